The van der Waals surface area contributed by atoms with Crippen molar-refractivity contribution < 1.29 is 14.3 Å². The number of hydrogen-bond donors (Lipinski definition) is 2. The molecule has 0 saturated heterocycles. The van der Waals surface area contributed by atoms with E-state index >= 15 is 0 Å². The first-order valence-corrected chi connectivity index (χ1v) is 11.4. The molecule has 0 spiro atoms. The molecule has 29 heavy (non-hydrogen) atoms. The second kappa shape index (κ2) is 9.46. The molecule has 0 saturated carbocycles. The van der Waals surface area contributed by atoms with Gasteiger partial charge < -0.3 is 15.0 Å². The Balaban J connectivity index is 1.55. The topological polar surface area (TPSA) is 127 Å². The highest BCUT2D eigenvalue weighted by Crippen LogP contribution is 2.26. The van der Waals surface area contributed by atoms with Crippen LogP contribution in [-0.4, -0.2) is 44.4 Å². The molecule has 0 unspecified atom stereocenters. The van der Waals surface area contributed by atoms with Gasteiger partial charge in [0.1, 0.15) is 10.7 Å². The summed E-state index contributed by atoms with van der Waals surface area (Å²) in [6.07, 6.45) is 0.443. The number of fused-ring (bicyclic) bond motifs is 1. The summed E-state index contributed by atoms with van der Waals surface area (Å²) in [4.78, 5) is 44.8. The summed E-state index contributed by atoms with van der Waals surface area (Å²) in [5.74, 6) is 0.0265. The highest BCUT2D eigenvalue weighted by molar-refractivity contribution is 8.01. The molecular formula is C17H19N5O4S3. The molecule has 1 amide bonds. The van der Waals surface area contributed by atoms with Crippen molar-refractivity contribution in [2.45, 2.75) is 38.0 Å². The number of aromatic amines is 1. The Bertz CT molecular complexity index is 1100. The molecule has 0 radical (unpaired) electrons. The van der Waals surface area contributed by atoms with E-state index in [0.29, 0.717) is 38.5 Å². The van der Waals surface area contributed by atoms with E-state index in [1.54, 1.807) is 6.92 Å². The summed E-state index contributed by atoms with van der Waals surface area (Å²) >= 11 is 3.86. The molecular weight excluding hydrogens is 434 g/mol. The van der Waals surface area contributed by atoms with Gasteiger partial charge in [-0.3, -0.25) is 14.4 Å². The molecule has 0 fully saturated rings. The van der Waals surface area contributed by atoms with Gasteiger partial charge in [-0.1, -0.05) is 23.1 Å². The van der Waals surface area contributed by atoms with E-state index < -0.39 is 0 Å². The van der Waals surface area contributed by atoms with Crippen LogP contribution in [-0.2, 0) is 20.7 Å². The van der Waals surface area contributed by atoms with Crippen molar-refractivity contribution in [1.29, 1.82) is 0 Å². The van der Waals surface area contributed by atoms with E-state index in [0.717, 1.165) is 10.4 Å². The average molecular weight is 454 g/mol. The van der Waals surface area contributed by atoms with Crippen molar-refractivity contribution in [2.75, 3.05) is 17.7 Å². The van der Waals surface area contributed by atoms with Crippen molar-refractivity contribution in [3.05, 3.63) is 26.6 Å². The van der Waals surface area contributed by atoms with Gasteiger partial charge in [-0.25, -0.2) is 4.98 Å². The Labute approximate surface area is 178 Å². The zero-order valence-electron chi connectivity index (χ0n) is 16.0. The van der Waals surface area contributed by atoms with Crippen LogP contribution in [0.1, 0.15) is 29.6 Å². The third-order valence-electron chi connectivity index (χ3n) is 3.95. The number of ether oxygens (including phenoxy) is 1. The summed E-state index contributed by atoms with van der Waals surface area (Å²) in [7, 11) is 0. The molecule has 0 bridgehead atoms. The molecule has 3 aromatic rings. The van der Waals surface area contributed by atoms with Crippen LogP contribution < -0.4 is 10.9 Å². The zero-order chi connectivity index (χ0) is 21.0. The maximum Gasteiger partial charge on any atom is 0.316 e. The normalized spacial score (nSPS) is 11.0. The number of thiophene rings is 1. The fourth-order valence-electron chi connectivity index (χ4n) is 2.47. The second-order valence-corrected chi connectivity index (χ2v) is 9.39. The molecule has 3 aromatic heterocycles. The van der Waals surface area contributed by atoms with Crippen LogP contribution in [0.4, 0.5) is 5.13 Å². The van der Waals surface area contributed by atoms with Gasteiger partial charge in [0.25, 0.3) is 5.56 Å². The monoisotopic (exact) mass is 453 g/mol. The lowest BCUT2D eigenvalue weighted by Crippen LogP contribution is -2.16. The van der Waals surface area contributed by atoms with Gasteiger partial charge in [-0.2, -0.15) is 0 Å². The number of thioether (sulfide) groups is 1. The fourth-order valence-corrected chi connectivity index (χ4v) is 5.09. The van der Waals surface area contributed by atoms with Crippen LogP contribution in [0.2, 0.25) is 0 Å². The number of nitrogens with one attached hydrogen (secondary N) is 2. The Morgan fingerprint density at radius 1 is 1.24 bits per heavy atom. The smallest absolute Gasteiger partial charge is 0.316 e. The largest absolute Gasteiger partial charge is 0.465 e. The number of carbonyl (C=O) groups is 2. The van der Waals surface area contributed by atoms with Gasteiger partial charge in [0.2, 0.25) is 11.0 Å². The molecule has 0 aromatic carbocycles. The van der Waals surface area contributed by atoms with E-state index in [1.165, 1.54) is 34.4 Å². The van der Waals surface area contributed by atoms with Gasteiger partial charge in [-0.15, -0.1) is 21.5 Å². The summed E-state index contributed by atoms with van der Waals surface area (Å²) in [5, 5.41) is 11.5. The SMILES string of the molecule is CCOC(=O)CSc1nnc(NC(=O)CCc2nc3sc(C)c(C)c3c(=O)[nH]2)s1. The Hall–Kier alpha value is -2.31. The summed E-state index contributed by atoms with van der Waals surface area (Å²) < 4.78 is 5.41. The van der Waals surface area contributed by atoms with E-state index in [9.17, 15) is 14.4 Å². The van der Waals surface area contributed by atoms with Crippen molar-refractivity contribution in [3.63, 3.8) is 0 Å². The van der Waals surface area contributed by atoms with Crippen molar-refractivity contribution in [3.8, 4) is 0 Å². The van der Waals surface area contributed by atoms with E-state index in [4.69, 9.17) is 4.74 Å². The number of amides is 1. The van der Waals surface area contributed by atoms with Gasteiger partial charge in [0.15, 0.2) is 4.34 Å². The fraction of sp³-hybridized carbons (Fsp3) is 0.412. The predicted molar refractivity (Wildman–Crippen MR) is 114 cm³/mol. The maximum atomic E-state index is 12.3. The quantitative estimate of drug-likeness (QED) is 0.303. The van der Waals surface area contributed by atoms with Gasteiger partial charge in [0, 0.05) is 17.7 Å². The molecule has 9 nitrogen and oxygen atoms in total. The number of esters is 1. The molecule has 0 aliphatic heterocycles. The lowest BCUT2D eigenvalue weighted by Gasteiger charge is -2.02. The Morgan fingerprint density at radius 3 is 2.79 bits per heavy atom. The van der Waals surface area contributed by atoms with Gasteiger partial charge in [0.05, 0.1) is 17.7 Å². The number of carbonyl (C=O) groups excluding carboxylic acids is 2. The lowest BCUT2D eigenvalue weighted by molar-refractivity contribution is -0.139. The van der Waals surface area contributed by atoms with Crippen molar-refractivity contribution in [2.24, 2.45) is 0 Å². The minimum atomic E-state index is -0.326. The van der Waals surface area contributed by atoms with E-state index in [1.807, 2.05) is 13.8 Å². The number of aryl methyl sites for hydroxylation is 3. The van der Waals surface area contributed by atoms with Crippen molar-refractivity contribution >= 4 is 61.7 Å². The molecule has 154 valence electrons. The second-order valence-electron chi connectivity index (χ2n) is 5.99. The number of rotatable bonds is 8. The van der Waals surface area contributed by atoms with Gasteiger partial charge in [-0.05, 0) is 26.3 Å². The standard InChI is InChI=1S/C17H19N5O4S3/c1-4-26-12(24)7-27-17-22-21-16(29-17)20-11(23)6-5-10-18-14(25)13-8(2)9(3)28-15(13)19-10/h4-7H2,1-3H3,(H,18,19,25)(H,20,21,23). The summed E-state index contributed by atoms with van der Waals surface area (Å²) in [6.45, 7) is 5.93. The first-order chi connectivity index (χ1) is 13.9. The first kappa shape index (κ1) is 21.4. The number of aromatic nitrogens is 4. The van der Waals surface area contributed by atoms with E-state index in [2.05, 4.69) is 25.5 Å². The summed E-state index contributed by atoms with van der Waals surface area (Å²) in [5.41, 5.74) is 0.760. The minimum Gasteiger partial charge on any atom is -0.465 e. The Kier molecular flexibility index (Phi) is 6.98. The van der Waals surface area contributed by atoms with Crippen LogP contribution in [0.25, 0.3) is 10.2 Å². The number of hydrogen-bond acceptors (Lipinski definition) is 10. The average Bonchev–Trinajstić information content (AvgIpc) is 3.23. The van der Waals surface area contributed by atoms with Crippen molar-refractivity contribution in [1.82, 2.24) is 20.2 Å². The van der Waals surface area contributed by atoms with E-state index in [-0.39, 0.29) is 29.6 Å². The highest BCUT2D eigenvalue weighted by atomic mass is 32.2. The van der Waals surface area contributed by atoms with Crippen LogP contribution in [0.15, 0.2) is 9.13 Å². The third-order valence-corrected chi connectivity index (χ3v) is 7.00. The number of anilines is 1. The molecule has 0 atom stereocenters. The summed E-state index contributed by atoms with van der Waals surface area (Å²) in [6, 6.07) is 0. The van der Waals surface area contributed by atoms with Gasteiger partial charge >= 0.3 is 5.97 Å². The molecule has 2 N–H and O–H groups in total. The highest BCUT2D eigenvalue weighted by Gasteiger charge is 2.14. The lowest BCUT2D eigenvalue weighted by atomic mass is 10.2. The van der Waals surface area contributed by atoms with Crippen LogP contribution in [0, 0.1) is 13.8 Å². The number of H-pyrrole nitrogens is 1. The molecule has 3 heterocycles. The van der Waals surface area contributed by atoms with Crippen LogP contribution >= 0.6 is 34.4 Å². The van der Waals surface area contributed by atoms with Crippen LogP contribution in [0.3, 0.4) is 0 Å². The first-order valence-electron chi connectivity index (χ1n) is 8.78. The maximum absolute atomic E-state index is 12.3. The Morgan fingerprint density at radius 2 is 2.03 bits per heavy atom. The molecule has 12 heteroatoms. The molecule has 0 aliphatic carbocycles. The molecule has 3 rings (SSSR count). The minimum absolute atomic E-state index is 0.138. The van der Waals surface area contributed by atoms with Crippen LogP contribution in [0.5, 0.6) is 0 Å². The predicted octanol–water partition coefficient (Wildman–Crippen LogP) is 2.68. The number of nitrogens with zero attached hydrogens (tertiary/aromatic N) is 3. The molecule has 0 aliphatic rings. The third kappa shape index (κ3) is 5.40. The zero-order valence-corrected chi connectivity index (χ0v) is 18.5.